The second kappa shape index (κ2) is 2.06. The van der Waals surface area contributed by atoms with Gasteiger partial charge in [-0.05, 0) is 37.2 Å². The van der Waals surface area contributed by atoms with Gasteiger partial charge in [-0.15, -0.1) is 5.10 Å². The Hall–Kier alpha value is -0.440. The van der Waals surface area contributed by atoms with Crippen molar-refractivity contribution in [3.05, 3.63) is 10.6 Å². The summed E-state index contributed by atoms with van der Waals surface area (Å²) in [6.07, 6.45) is 5.01. The minimum Gasteiger partial charge on any atom is -0.143 e. The second-order valence-electron chi connectivity index (χ2n) is 2.35. The Morgan fingerprint density at radius 2 is 2.11 bits per heavy atom. The van der Waals surface area contributed by atoms with Gasteiger partial charge in [-0.25, -0.2) is 0 Å². The van der Waals surface area contributed by atoms with E-state index in [1.807, 2.05) is 0 Å². The molecular weight excluding hydrogens is 132 g/mol. The molecule has 1 aliphatic rings. The number of hydrogen-bond donors (Lipinski definition) is 0. The van der Waals surface area contributed by atoms with Gasteiger partial charge in [0.15, 0.2) is 0 Å². The third kappa shape index (κ3) is 0.852. The molecule has 48 valence electrons. The fourth-order valence-electron chi connectivity index (χ4n) is 1.18. The summed E-state index contributed by atoms with van der Waals surface area (Å²) in [5.74, 6) is 0. The Balaban J connectivity index is 2.39. The summed E-state index contributed by atoms with van der Waals surface area (Å²) >= 11 is 1.56. The topological polar surface area (TPSA) is 25.8 Å². The van der Waals surface area contributed by atoms with Crippen LogP contribution in [0.5, 0.6) is 0 Å². The van der Waals surface area contributed by atoms with Crippen LogP contribution in [0.15, 0.2) is 0 Å². The number of hydrogen-bond acceptors (Lipinski definition) is 3. The average Bonchev–Trinajstić information content (AvgIpc) is 2.33. The van der Waals surface area contributed by atoms with Crippen molar-refractivity contribution in [2.75, 3.05) is 0 Å². The Morgan fingerprint density at radius 3 is 3.00 bits per heavy atom. The van der Waals surface area contributed by atoms with Crippen molar-refractivity contribution in [1.82, 2.24) is 9.59 Å². The van der Waals surface area contributed by atoms with Crippen molar-refractivity contribution in [2.24, 2.45) is 0 Å². The van der Waals surface area contributed by atoms with Crippen LogP contribution in [-0.4, -0.2) is 9.59 Å². The predicted molar refractivity (Wildman–Crippen MR) is 36.6 cm³/mol. The fraction of sp³-hybridized carbons (Fsp3) is 0.667. The molecule has 2 nitrogen and oxygen atoms in total. The van der Waals surface area contributed by atoms with Crippen LogP contribution in [0.2, 0.25) is 0 Å². The van der Waals surface area contributed by atoms with Gasteiger partial charge < -0.3 is 0 Å². The van der Waals surface area contributed by atoms with E-state index in [2.05, 4.69) is 9.59 Å². The monoisotopic (exact) mass is 140 g/mol. The van der Waals surface area contributed by atoms with Crippen LogP contribution in [0.3, 0.4) is 0 Å². The maximum Gasteiger partial charge on any atom is 0.0787 e. The van der Waals surface area contributed by atoms with Gasteiger partial charge in [0, 0.05) is 4.88 Å². The Kier molecular flexibility index (Phi) is 1.23. The maximum atomic E-state index is 4.03. The van der Waals surface area contributed by atoms with Gasteiger partial charge in [0.05, 0.1) is 5.69 Å². The van der Waals surface area contributed by atoms with Crippen LogP contribution in [0, 0.1) is 0 Å². The second-order valence-corrected chi connectivity index (χ2v) is 3.19. The number of rotatable bonds is 0. The SMILES string of the molecule is C1CCc2snnc2C1. The van der Waals surface area contributed by atoms with E-state index < -0.39 is 0 Å². The standard InChI is InChI=1S/C6H8N2S/c1-2-4-6-5(3-1)7-8-9-6/h1-4H2. The van der Waals surface area contributed by atoms with Crippen molar-refractivity contribution < 1.29 is 0 Å². The molecule has 0 fully saturated rings. The van der Waals surface area contributed by atoms with Crippen molar-refractivity contribution >= 4 is 11.5 Å². The van der Waals surface area contributed by atoms with E-state index in [9.17, 15) is 0 Å². The van der Waals surface area contributed by atoms with Crippen LogP contribution in [0.1, 0.15) is 23.4 Å². The molecule has 0 saturated carbocycles. The summed E-state index contributed by atoms with van der Waals surface area (Å²) in [5.41, 5.74) is 1.26. The van der Waals surface area contributed by atoms with E-state index in [-0.39, 0.29) is 0 Å². The molecule has 0 amide bonds. The van der Waals surface area contributed by atoms with Crippen LogP contribution in [0.25, 0.3) is 0 Å². The van der Waals surface area contributed by atoms with Crippen LogP contribution >= 0.6 is 11.5 Å². The number of aromatic nitrogens is 2. The predicted octanol–water partition coefficient (Wildman–Crippen LogP) is 1.42. The Morgan fingerprint density at radius 1 is 1.22 bits per heavy atom. The van der Waals surface area contributed by atoms with Crippen LogP contribution < -0.4 is 0 Å². The van der Waals surface area contributed by atoms with Gasteiger partial charge >= 0.3 is 0 Å². The van der Waals surface area contributed by atoms with E-state index >= 15 is 0 Å². The summed E-state index contributed by atoms with van der Waals surface area (Å²) in [6, 6.07) is 0. The van der Waals surface area contributed by atoms with Crippen LogP contribution in [0.4, 0.5) is 0 Å². The molecule has 1 aromatic rings. The molecule has 9 heavy (non-hydrogen) atoms. The van der Waals surface area contributed by atoms with Crippen molar-refractivity contribution in [1.29, 1.82) is 0 Å². The molecule has 2 rings (SSSR count). The quantitative estimate of drug-likeness (QED) is 0.544. The third-order valence-corrected chi connectivity index (χ3v) is 2.53. The molecule has 1 heterocycles. The zero-order valence-corrected chi connectivity index (χ0v) is 5.95. The highest BCUT2D eigenvalue weighted by Gasteiger charge is 2.11. The highest BCUT2D eigenvalue weighted by atomic mass is 32.1. The number of nitrogens with zero attached hydrogens (tertiary/aromatic N) is 2. The van der Waals surface area contributed by atoms with E-state index in [0.717, 1.165) is 6.42 Å². The summed E-state index contributed by atoms with van der Waals surface area (Å²) in [4.78, 5) is 1.42. The van der Waals surface area contributed by atoms with Gasteiger partial charge in [0.1, 0.15) is 0 Å². The van der Waals surface area contributed by atoms with E-state index in [1.165, 1.54) is 29.8 Å². The average molecular weight is 140 g/mol. The molecule has 0 radical (unpaired) electrons. The lowest BCUT2D eigenvalue weighted by Gasteiger charge is -2.05. The molecule has 0 N–H and O–H groups in total. The molecule has 1 aliphatic carbocycles. The molecule has 0 aromatic carbocycles. The molecule has 0 saturated heterocycles. The summed E-state index contributed by atoms with van der Waals surface area (Å²) in [6.45, 7) is 0. The van der Waals surface area contributed by atoms with E-state index in [0.29, 0.717) is 0 Å². The lowest BCUT2D eigenvalue weighted by molar-refractivity contribution is 0.677. The van der Waals surface area contributed by atoms with Gasteiger partial charge in [-0.3, -0.25) is 0 Å². The molecular formula is C6H8N2S. The molecule has 1 aromatic heterocycles. The zero-order valence-electron chi connectivity index (χ0n) is 5.13. The van der Waals surface area contributed by atoms with Crippen LogP contribution in [-0.2, 0) is 12.8 Å². The molecule has 0 spiro atoms. The highest BCUT2D eigenvalue weighted by Crippen LogP contribution is 2.20. The van der Waals surface area contributed by atoms with Gasteiger partial charge in [-0.1, -0.05) is 4.49 Å². The molecule has 3 heteroatoms. The highest BCUT2D eigenvalue weighted by molar-refractivity contribution is 7.05. The minimum atomic E-state index is 1.16. The molecule has 0 atom stereocenters. The lowest BCUT2D eigenvalue weighted by atomic mass is 10.0. The summed E-state index contributed by atoms with van der Waals surface area (Å²) in [5, 5.41) is 4.03. The fourth-order valence-corrected chi connectivity index (χ4v) is 1.91. The normalized spacial score (nSPS) is 17.3. The smallest absolute Gasteiger partial charge is 0.0787 e. The Labute approximate surface area is 58.1 Å². The van der Waals surface area contributed by atoms with Crippen molar-refractivity contribution in [2.45, 2.75) is 25.7 Å². The van der Waals surface area contributed by atoms with Gasteiger partial charge in [0.25, 0.3) is 0 Å². The largest absolute Gasteiger partial charge is 0.143 e. The summed E-state index contributed by atoms with van der Waals surface area (Å²) < 4.78 is 3.90. The van der Waals surface area contributed by atoms with Crippen molar-refractivity contribution in [3.8, 4) is 0 Å². The first-order chi connectivity index (χ1) is 4.47. The molecule has 0 bridgehead atoms. The van der Waals surface area contributed by atoms with Crippen molar-refractivity contribution in [3.63, 3.8) is 0 Å². The lowest BCUT2D eigenvalue weighted by Crippen LogP contribution is -1.98. The number of aryl methyl sites for hydroxylation is 2. The van der Waals surface area contributed by atoms with Gasteiger partial charge in [-0.2, -0.15) is 0 Å². The van der Waals surface area contributed by atoms with E-state index in [4.69, 9.17) is 0 Å². The molecule has 0 unspecified atom stereocenters. The van der Waals surface area contributed by atoms with Gasteiger partial charge in [0.2, 0.25) is 0 Å². The number of fused-ring (bicyclic) bond motifs is 1. The third-order valence-electron chi connectivity index (χ3n) is 1.70. The maximum absolute atomic E-state index is 4.03. The first-order valence-electron chi connectivity index (χ1n) is 3.27. The first kappa shape index (κ1) is 5.35. The Bertz CT molecular complexity index is 186. The van der Waals surface area contributed by atoms with E-state index in [1.54, 1.807) is 11.5 Å². The minimum absolute atomic E-state index is 1.16. The summed E-state index contributed by atoms with van der Waals surface area (Å²) in [7, 11) is 0. The first-order valence-corrected chi connectivity index (χ1v) is 4.04. The molecule has 0 aliphatic heterocycles. The zero-order chi connectivity index (χ0) is 6.10.